The van der Waals surface area contributed by atoms with Gasteiger partial charge in [0.1, 0.15) is 6.42 Å². The van der Waals surface area contributed by atoms with Gasteiger partial charge in [-0.25, -0.2) is 10.2 Å². The highest BCUT2D eigenvalue weighted by Gasteiger charge is 2.16. The van der Waals surface area contributed by atoms with E-state index >= 15 is 0 Å². The number of rotatable bonds is 5. The Kier molecular flexibility index (Phi) is 5.69. The van der Waals surface area contributed by atoms with Crippen LogP contribution in [0.25, 0.3) is 5.69 Å². The Morgan fingerprint density at radius 2 is 2.08 bits per heavy atom. The summed E-state index contributed by atoms with van der Waals surface area (Å²) in [6.07, 6.45) is 1.26. The number of hydrogen-bond acceptors (Lipinski definition) is 5. The van der Waals surface area contributed by atoms with Crippen LogP contribution in [0, 0.1) is 25.2 Å². The standard InChI is InChI=1S/C18H18N4O3/c1-12-10-14(11-20-21-17(23)8-9-19)13(2)22(12)16-7-5-4-6-15(16)18(24)25-3/h4-7,10-11H,8H2,1-3H3,(H,21,23). The third kappa shape index (κ3) is 3.93. The summed E-state index contributed by atoms with van der Waals surface area (Å²) >= 11 is 0. The molecular weight excluding hydrogens is 320 g/mol. The van der Waals surface area contributed by atoms with Crippen molar-refractivity contribution in [3.63, 3.8) is 0 Å². The van der Waals surface area contributed by atoms with Crippen molar-refractivity contribution in [3.8, 4) is 11.8 Å². The van der Waals surface area contributed by atoms with Gasteiger partial charge in [0.25, 0.3) is 5.91 Å². The Labute approximate surface area is 145 Å². The first-order chi connectivity index (χ1) is 12.0. The lowest BCUT2D eigenvalue weighted by Gasteiger charge is -2.13. The third-order valence-electron chi connectivity index (χ3n) is 3.65. The average Bonchev–Trinajstić information content (AvgIpc) is 2.88. The number of hydrogen-bond donors (Lipinski definition) is 1. The van der Waals surface area contributed by atoms with Crippen LogP contribution in [0.2, 0.25) is 0 Å². The first-order valence-corrected chi connectivity index (χ1v) is 7.55. The van der Waals surface area contributed by atoms with Crippen LogP contribution in [0.15, 0.2) is 35.4 Å². The molecule has 0 bridgehead atoms. The summed E-state index contributed by atoms with van der Waals surface area (Å²) in [6.45, 7) is 3.80. The summed E-state index contributed by atoms with van der Waals surface area (Å²) in [5.41, 5.74) is 6.00. The fourth-order valence-corrected chi connectivity index (χ4v) is 2.53. The number of methoxy groups -OCH3 is 1. The molecule has 0 unspecified atom stereocenters. The zero-order valence-electron chi connectivity index (χ0n) is 14.2. The zero-order chi connectivity index (χ0) is 18.4. The van der Waals surface area contributed by atoms with Gasteiger partial charge in [0.05, 0.1) is 30.6 Å². The second-order valence-electron chi connectivity index (χ2n) is 5.30. The lowest BCUT2D eigenvalue weighted by molar-refractivity contribution is -0.120. The molecule has 1 N–H and O–H groups in total. The number of amides is 1. The van der Waals surface area contributed by atoms with Gasteiger partial charge in [-0.2, -0.15) is 10.4 Å². The van der Waals surface area contributed by atoms with E-state index in [4.69, 9.17) is 10.00 Å². The van der Waals surface area contributed by atoms with Gasteiger partial charge in [0.15, 0.2) is 0 Å². The van der Waals surface area contributed by atoms with E-state index < -0.39 is 11.9 Å². The fraction of sp³-hybridized carbons (Fsp3) is 0.222. The summed E-state index contributed by atoms with van der Waals surface area (Å²) in [5, 5.41) is 12.3. The summed E-state index contributed by atoms with van der Waals surface area (Å²) in [6, 6.07) is 10.8. The first-order valence-electron chi connectivity index (χ1n) is 7.55. The Hall–Kier alpha value is -3.40. The van der Waals surface area contributed by atoms with Gasteiger partial charge in [0.2, 0.25) is 0 Å². The van der Waals surface area contributed by atoms with E-state index in [9.17, 15) is 9.59 Å². The fourth-order valence-electron chi connectivity index (χ4n) is 2.53. The SMILES string of the molecule is COC(=O)c1ccccc1-n1c(C)cc(C=NNC(=O)CC#N)c1C. The van der Waals surface area contributed by atoms with E-state index in [-0.39, 0.29) is 6.42 Å². The van der Waals surface area contributed by atoms with Crippen LogP contribution in [0.4, 0.5) is 0 Å². The maximum absolute atomic E-state index is 12.0. The zero-order valence-corrected chi connectivity index (χ0v) is 14.2. The maximum Gasteiger partial charge on any atom is 0.339 e. The highest BCUT2D eigenvalue weighted by Crippen LogP contribution is 2.23. The Morgan fingerprint density at radius 3 is 2.76 bits per heavy atom. The number of esters is 1. The van der Waals surface area contributed by atoms with Crippen molar-refractivity contribution in [2.45, 2.75) is 20.3 Å². The molecule has 0 saturated carbocycles. The lowest BCUT2D eigenvalue weighted by Crippen LogP contribution is -2.16. The number of hydrazone groups is 1. The molecule has 25 heavy (non-hydrogen) atoms. The van der Waals surface area contributed by atoms with E-state index in [0.717, 1.165) is 17.0 Å². The second-order valence-corrected chi connectivity index (χ2v) is 5.30. The Bertz CT molecular complexity index is 875. The lowest BCUT2D eigenvalue weighted by atomic mass is 10.1. The van der Waals surface area contributed by atoms with Crippen LogP contribution in [0.5, 0.6) is 0 Å². The minimum atomic E-state index is -0.469. The molecule has 0 aliphatic heterocycles. The molecule has 1 aromatic heterocycles. The molecule has 0 radical (unpaired) electrons. The maximum atomic E-state index is 12.0. The minimum absolute atomic E-state index is 0.247. The summed E-state index contributed by atoms with van der Waals surface area (Å²) in [7, 11) is 1.34. The third-order valence-corrected chi connectivity index (χ3v) is 3.65. The molecule has 0 fully saturated rings. The molecule has 1 aromatic carbocycles. The summed E-state index contributed by atoms with van der Waals surface area (Å²) < 4.78 is 6.77. The number of aryl methyl sites for hydroxylation is 1. The predicted octanol–water partition coefficient (Wildman–Crippen LogP) is 2.24. The quantitative estimate of drug-likeness (QED) is 0.514. The molecule has 0 saturated heterocycles. The van der Waals surface area contributed by atoms with E-state index in [1.807, 2.05) is 36.6 Å². The molecule has 0 spiro atoms. The van der Waals surface area contributed by atoms with Crippen molar-refractivity contribution in [1.29, 1.82) is 5.26 Å². The summed E-state index contributed by atoms with van der Waals surface area (Å²) in [5.74, 6) is -0.884. The van der Waals surface area contributed by atoms with Gasteiger partial charge in [-0.1, -0.05) is 12.1 Å². The van der Waals surface area contributed by atoms with Crippen LogP contribution < -0.4 is 5.43 Å². The van der Waals surface area contributed by atoms with E-state index in [1.54, 1.807) is 18.2 Å². The molecule has 1 amide bonds. The number of nitrogens with one attached hydrogen (secondary N) is 1. The molecule has 0 aliphatic rings. The van der Waals surface area contributed by atoms with Crippen LogP contribution in [0.1, 0.15) is 33.7 Å². The van der Waals surface area contributed by atoms with E-state index in [1.165, 1.54) is 13.3 Å². The van der Waals surface area contributed by atoms with Gasteiger partial charge in [0, 0.05) is 17.0 Å². The van der Waals surface area contributed by atoms with Crippen LogP contribution >= 0.6 is 0 Å². The average molecular weight is 338 g/mol. The van der Waals surface area contributed by atoms with Crippen LogP contribution in [-0.2, 0) is 9.53 Å². The molecule has 0 atom stereocenters. The van der Waals surface area contributed by atoms with Gasteiger partial charge in [-0.3, -0.25) is 4.79 Å². The van der Waals surface area contributed by atoms with E-state index in [2.05, 4.69) is 10.5 Å². The van der Waals surface area contributed by atoms with Crippen molar-refractivity contribution < 1.29 is 14.3 Å². The Morgan fingerprint density at radius 1 is 1.36 bits per heavy atom. The van der Waals surface area contributed by atoms with Gasteiger partial charge in [-0.05, 0) is 32.0 Å². The highest BCUT2D eigenvalue weighted by molar-refractivity contribution is 5.94. The molecule has 2 aromatic rings. The number of benzene rings is 1. The number of aromatic nitrogens is 1. The molecule has 7 nitrogen and oxygen atoms in total. The normalized spacial score (nSPS) is 10.5. The topological polar surface area (TPSA) is 96.5 Å². The van der Waals surface area contributed by atoms with Crippen molar-refractivity contribution >= 4 is 18.1 Å². The predicted molar refractivity (Wildman–Crippen MR) is 92.5 cm³/mol. The van der Waals surface area contributed by atoms with Crippen LogP contribution in [0.3, 0.4) is 0 Å². The van der Waals surface area contributed by atoms with Gasteiger partial charge in [-0.15, -0.1) is 0 Å². The molecule has 0 aliphatic carbocycles. The molecule has 1 heterocycles. The van der Waals surface area contributed by atoms with Gasteiger partial charge >= 0.3 is 5.97 Å². The van der Waals surface area contributed by atoms with Crippen molar-refractivity contribution in [1.82, 2.24) is 9.99 Å². The molecular formula is C18H18N4O3. The van der Waals surface area contributed by atoms with E-state index in [0.29, 0.717) is 11.3 Å². The number of carbonyl (C=O) groups is 2. The number of para-hydroxylation sites is 1. The minimum Gasteiger partial charge on any atom is -0.465 e. The van der Waals surface area contributed by atoms with Crippen LogP contribution in [-0.4, -0.2) is 29.8 Å². The molecule has 128 valence electrons. The molecule has 7 heteroatoms. The number of nitrogens with zero attached hydrogens (tertiary/aromatic N) is 3. The number of nitriles is 1. The monoisotopic (exact) mass is 338 g/mol. The van der Waals surface area contributed by atoms with Crippen molar-refractivity contribution in [3.05, 3.63) is 52.8 Å². The summed E-state index contributed by atoms with van der Waals surface area (Å²) in [4.78, 5) is 23.3. The number of ether oxygens (including phenoxy) is 1. The van der Waals surface area contributed by atoms with Crippen molar-refractivity contribution in [2.75, 3.05) is 7.11 Å². The smallest absolute Gasteiger partial charge is 0.339 e. The van der Waals surface area contributed by atoms with Crippen molar-refractivity contribution in [2.24, 2.45) is 5.10 Å². The molecule has 2 rings (SSSR count). The number of carbonyl (C=O) groups excluding carboxylic acids is 2. The first kappa shape index (κ1) is 17.9. The van der Waals surface area contributed by atoms with Gasteiger partial charge < -0.3 is 9.30 Å². The second kappa shape index (κ2) is 7.93. The largest absolute Gasteiger partial charge is 0.465 e. The highest BCUT2D eigenvalue weighted by atomic mass is 16.5. The Balaban J connectivity index is 2.38.